The van der Waals surface area contributed by atoms with E-state index in [1.54, 1.807) is 13.1 Å². The van der Waals surface area contributed by atoms with Gasteiger partial charge in [-0.15, -0.1) is 0 Å². The van der Waals surface area contributed by atoms with Crippen molar-refractivity contribution in [3.63, 3.8) is 0 Å². The second-order valence-electron chi connectivity index (χ2n) is 5.44. The lowest BCUT2D eigenvalue weighted by atomic mass is 10.1. The molecule has 1 aliphatic heterocycles. The summed E-state index contributed by atoms with van der Waals surface area (Å²) >= 11 is 0. The monoisotopic (exact) mass is 310 g/mol. The van der Waals surface area contributed by atoms with Crippen molar-refractivity contribution in [3.05, 3.63) is 60.2 Å². The number of benzene rings is 2. The molecule has 0 aromatic heterocycles. The highest BCUT2D eigenvalue weighted by atomic mass is 16.5. The van der Waals surface area contributed by atoms with Gasteiger partial charge in [0.1, 0.15) is 5.75 Å². The van der Waals surface area contributed by atoms with Gasteiger partial charge in [0.15, 0.2) is 6.10 Å². The first-order valence-corrected chi connectivity index (χ1v) is 7.49. The predicted molar refractivity (Wildman–Crippen MR) is 87.2 cm³/mol. The Labute approximate surface area is 134 Å². The van der Waals surface area contributed by atoms with E-state index in [1.165, 1.54) is 4.90 Å². The van der Waals surface area contributed by atoms with Crippen molar-refractivity contribution in [2.45, 2.75) is 19.1 Å². The van der Waals surface area contributed by atoms with Crippen LogP contribution < -0.4 is 15.0 Å². The van der Waals surface area contributed by atoms with Gasteiger partial charge in [-0.2, -0.15) is 0 Å². The Morgan fingerprint density at radius 2 is 1.83 bits per heavy atom. The number of carbonyl (C=O) groups excluding carboxylic acids is 2. The van der Waals surface area contributed by atoms with Gasteiger partial charge in [-0.05, 0) is 17.7 Å². The molecule has 5 nitrogen and oxygen atoms in total. The molecule has 0 radical (unpaired) electrons. The van der Waals surface area contributed by atoms with Crippen LogP contribution in [0.1, 0.15) is 12.0 Å². The summed E-state index contributed by atoms with van der Waals surface area (Å²) in [4.78, 5) is 25.9. The molecule has 0 bridgehead atoms. The van der Waals surface area contributed by atoms with Crippen LogP contribution in [0.5, 0.6) is 5.75 Å². The summed E-state index contributed by atoms with van der Waals surface area (Å²) in [5.41, 5.74) is 1.73. The second-order valence-corrected chi connectivity index (χ2v) is 5.44. The Morgan fingerprint density at radius 1 is 1.13 bits per heavy atom. The number of ether oxygens (including phenoxy) is 1. The second kappa shape index (κ2) is 6.52. The smallest absolute Gasteiger partial charge is 0.268 e. The number of hydrogen-bond donors (Lipinski definition) is 1. The van der Waals surface area contributed by atoms with Crippen LogP contribution in [-0.4, -0.2) is 25.0 Å². The standard InChI is InChI=1S/C18H18N2O3/c1-20-14-9-5-6-10-15(14)23-16(18(20)22)11-17(21)19-12-13-7-3-2-4-8-13/h2-10,16H,11-12H2,1H3,(H,19,21). The van der Waals surface area contributed by atoms with Crippen LogP contribution >= 0.6 is 0 Å². The number of rotatable bonds is 4. The number of carbonyl (C=O) groups is 2. The Balaban J connectivity index is 1.62. The molecule has 1 atom stereocenters. The van der Waals surface area contributed by atoms with Crippen LogP contribution in [0.2, 0.25) is 0 Å². The largest absolute Gasteiger partial charge is 0.478 e. The highest BCUT2D eigenvalue weighted by Crippen LogP contribution is 2.33. The summed E-state index contributed by atoms with van der Waals surface area (Å²) in [6.07, 6.45) is -0.782. The molecule has 1 aliphatic rings. The third-order valence-corrected chi connectivity index (χ3v) is 3.81. The number of hydrogen-bond acceptors (Lipinski definition) is 3. The molecule has 3 rings (SSSR count). The Morgan fingerprint density at radius 3 is 2.61 bits per heavy atom. The fourth-order valence-electron chi connectivity index (χ4n) is 2.54. The van der Waals surface area contributed by atoms with Crippen molar-refractivity contribution in [1.82, 2.24) is 5.32 Å². The van der Waals surface area contributed by atoms with E-state index in [2.05, 4.69) is 5.32 Å². The van der Waals surface area contributed by atoms with Gasteiger partial charge >= 0.3 is 0 Å². The molecule has 0 saturated carbocycles. The van der Waals surface area contributed by atoms with Gasteiger partial charge in [-0.1, -0.05) is 42.5 Å². The van der Waals surface area contributed by atoms with E-state index in [0.29, 0.717) is 12.3 Å². The number of amides is 2. The van der Waals surface area contributed by atoms with Crippen LogP contribution in [0.3, 0.4) is 0 Å². The fraction of sp³-hybridized carbons (Fsp3) is 0.222. The Hall–Kier alpha value is -2.82. The fourth-order valence-corrected chi connectivity index (χ4v) is 2.54. The molecule has 1 unspecified atom stereocenters. The molecule has 0 aliphatic carbocycles. The first kappa shape index (κ1) is 15.1. The zero-order chi connectivity index (χ0) is 16.2. The number of para-hydroxylation sites is 2. The van der Waals surface area contributed by atoms with E-state index in [-0.39, 0.29) is 18.2 Å². The average molecular weight is 310 g/mol. The van der Waals surface area contributed by atoms with Gasteiger partial charge in [-0.3, -0.25) is 9.59 Å². The van der Waals surface area contributed by atoms with Gasteiger partial charge in [0, 0.05) is 13.6 Å². The molecule has 5 heteroatoms. The van der Waals surface area contributed by atoms with Crippen LogP contribution in [0.4, 0.5) is 5.69 Å². The normalized spacial score (nSPS) is 16.5. The lowest BCUT2D eigenvalue weighted by Gasteiger charge is -2.31. The van der Waals surface area contributed by atoms with E-state index in [1.807, 2.05) is 48.5 Å². The average Bonchev–Trinajstić information content (AvgIpc) is 2.58. The van der Waals surface area contributed by atoms with E-state index >= 15 is 0 Å². The van der Waals surface area contributed by atoms with Crippen molar-refractivity contribution in [1.29, 1.82) is 0 Å². The number of fused-ring (bicyclic) bond motifs is 1. The van der Waals surface area contributed by atoms with Gasteiger partial charge < -0.3 is 15.0 Å². The van der Waals surface area contributed by atoms with E-state index < -0.39 is 6.10 Å². The predicted octanol–water partition coefficient (Wildman–Crippen LogP) is 2.12. The summed E-state index contributed by atoms with van der Waals surface area (Å²) in [6.45, 7) is 0.438. The zero-order valence-corrected chi connectivity index (χ0v) is 12.9. The first-order valence-electron chi connectivity index (χ1n) is 7.49. The van der Waals surface area contributed by atoms with Crippen LogP contribution in [0, 0.1) is 0 Å². The van der Waals surface area contributed by atoms with Crippen molar-refractivity contribution in [3.8, 4) is 5.75 Å². The third-order valence-electron chi connectivity index (χ3n) is 3.81. The molecule has 2 aromatic rings. The maximum atomic E-state index is 12.3. The highest BCUT2D eigenvalue weighted by Gasteiger charge is 2.33. The SMILES string of the molecule is CN1C(=O)C(CC(=O)NCc2ccccc2)Oc2ccccc21. The van der Waals surface area contributed by atoms with Gasteiger partial charge in [0.2, 0.25) is 5.91 Å². The van der Waals surface area contributed by atoms with Gasteiger partial charge in [-0.25, -0.2) is 0 Å². The molecule has 0 spiro atoms. The minimum absolute atomic E-state index is 0.00431. The summed E-state index contributed by atoms with van der Waals surface area (Å²) in [5, 5.41) is 2.82. The molecular weight excluding hydrogens is 292 g/mol. The van der Waals surface area contributed by atoms with Crippen LogP contribution in [-0.2, 0) is 16.1 Å². The minimum Gasteiger partial charge on any atom is -0.478 e. The number of nitrogens with zero attached hydrogens (tertiary/aromatic N) is 1. The summed E-state index contributed by atoms with van der Waals surface area (Å²) < 4.78 is 5.69. The topological polar surface area (TPSA) is 58.6 Å². The van der Waals surface area contributed by atoms with E-state index in [0.717, 1.165) is 11.3 Å². The molecule has 0 saturated heterocycles. The zero-order valence-electron chi connectivity index (χ0n) is 12.9. The van der Waals surface area contributed by atoms with Crippen LogP contribution in [0.15, 0.2) is 54.6 Å². The lowest BCUT2D eigenvalue weighted by molar-refractivity contribution is -0.132. The highest BCUT2D eigenvalue weighted by molar-refractivity contribution is 6.01. The van der Waals surface area contributed by atoms with Gasteiger partial charge in [0.05, 0.1) is 12.1 Å². The number of anilines is 1. The maximum Gasteiger partial charge on any atom is 0.268 e. The van der Waals surface area contributed by atoms with Crippen molar-refractivity contribution >= 4 is 17.5 Å². The third kappa shape index (κ3) is 3.34. The maximum absolute atomic E-state index is 12.3. The molecule has 1 N–H and O–H groups in total. The van der Waals surface area contributed by atoms with Crippen LogP contribution in [0.25, 0.3) is 0 Å². The summed E-state index contributed by atoms with van der Waals surface area (Å²) in [7, 11) is 1.69. The van der Waals surface area contributed by atoms with E-state index in [9.17, 15) is 9.59 Å². The quantitative estimate of drug-likeness (QED) is 0.941. The number of likely N-dealkylation sites (N-methyl/N-ethyl adjacent to an activating group) is 1. The molecule has 2 aromatic carbocycles. The minimum atomic E-state index is -0.786. The number of nitrogens with one attached hydrogen (secondary N) is 1. The van der Waals surface area contributed by atoms with Gasteiger partial charge in [0.25, 0.3) is 5.91 Å². The summed E-state index contributed by atoms with van der Waals surface area (Å²) in [6, 6.07) is 16.9. The molecular formula is C18H18N2O3. The van der Waals surface area contributed by atoms with Crippen molar-refractivity contribution < 1.29 is 14.3 Å². The molecule has 0 fully saturated rings. The molecule has 23 heavy (non-hydrogen) atoms. The molecule has 118 valence electrons. The molecule has 2 amide bonds. The van der Waals surface area contributed by atoms with E-state index in [4.69, 9.17) is 4.74 Å². The van der Waals surface area contributed by atoms with Crippen molar-refractivity contribution in [2.75, 3.05) is 11.9 Å². The Kier molecular flexibility index (Phi) is 4.28. The Bertz CT molecular complexity index is 715. The first-order chi connectivity index (χ1) is 11.1. The van der Waals surface area contributed by atoms with Crippen molar-refractivity contribution in [2.24, 2.45) is 0 Å². The summed E-state index contributed by atoms with van der Waals surface area (Å²) in [5.74, 6) is 0.203. The lowest BCUT2D eigenvalue weighted by Crippen LogP contribution is -2.46. The molecule has 1 heterocycles.